The fraction of sp³-hybridized carbons (Fsp3) is 0.417. The molecule has 0 saturated heterocycles. The molecule has 1 aliphatic rings. The number of nitrogens with zero attached hydrogens (tertiary/aromatic N) is 3. The van der Waals surface area contributed by atoms with Crippen molar-refractivity contribution in [3.8, 4) is 5.75 Å². The van der Waals surface area contributed by atoms with Crippen LogP contribution in [0.4, 0.5) is 4.39 Å². The second-order valence-electron chi connectivity index (χ2n) is 7.61. The van der Waals surface area contributed by atoms with Gasteiger partial charge < -0.3 is 19.9 Å². The van der Waals surface area contributed by atoms with Crippen LogP contribution in [0.2, 0.25) is 0 Å². The van der Waals surface area contributed by atoms with Crippen LogP contribution in [0.5, 0.6) is 5.75 Å². The molecule has 6 nitrogen and oxygen atoms in total. The van der Waals surface area contributed by atoms with Gasteiger partial charge in [-0.2, -0.15) is 0 Å². The van der Waals surface area contributed by atoms with Crippen LogP contribution in [0.25, 0.3) is 0 Å². The molecule has 0 aliphatic carbocycles. The highest BCUT2D eigenvalue weighted by atomic mass is 19.1. The number of ether oxygens (including phenoxy) is 1. The molecule has 2 aromatic rings. The number of fused-ring (bicyclic) bond motifs is 1. The maximum absolute atomic E-state index is 13.6. The van der Waals surface area contributed by atoms with Gasteiger partial charge in [0.1, 0.15) is 6.61 Å². The molecular formula is C24H31FN4O2. The second kappa shape index (κ2) is 11.3. The lowest BCUT2D eigenvalue weighted by atomic mass is 9.99. The van der Waals surface area contributed by atoms with Crippen LogP contribution in [0.1, 0.15) is 24.0 Å². The highest BCUT2D eigenvalue weighted by Crippen LogP contribution is 2.19. The van der Waals surface area contributed by atoms with Crippen LogP contribution in [0.15, 0.2) is 53.5 Å². The van der Waals surface area contributed by atoms with Gasteiger partial charge in [0.25, 0.3) is 0 Å². The lowest BCUT2D eigenvalue weighted by Gasteiger charge is -2.29. The summed E-state index contributed by atoms with van der Waals surface area (Å²) in [5.41, 5.74) is 2.60. The molecule has 0 atom stereocenters. The molecule has 0 unspecified atom stereocenters. The van der Waals surface area contributed by atoms with Gasteiger partial charge in [0.15, 0.2) is 17.5 Å². The summed E-state index contributed by atoms with van der Waals surface area (Å²) in [6.07, 6.45) is 2.16. The number of amides is 1. The molecule has 1 amide bonds. The van der Waals surface area contributed by atoms with Crippen LogP contribution in [0.3, 0.4) is 0 Å². The van der Waals surface area contributed by atoms with E-state index in [1.165, 1.54) is 17.2 Å². The molecule has 0 bridgehead atoms. The van der Waals surface area contributed by atoms with E-state index < -0.39 is 0 Å². The largest absolute Gasteiger partial charge is 0.489 e. The van der Waals surface area contributed by atoms with Crippen molar-refractivity contribution in [2.45, 2.75) is 25.8 Å². The van der Waals surface area contributed by atoms with Crippen molar-refractivity contribution in [3.05, 3.63) is 65.5 Å². The molecule has 2 aromatic carbocycles. The Morgan fingerprint density at radius 2 is 1.94 bits per heavy atom. The van der Waals surface area contributed by atoms with Crippen molar-refractivity contribution in [1.29, 1.82) is 0 Å². The van der Waals surface area contributed by atoms with Gasteiger partial charge in [-0.25, -0.2) is 4.39 Å². The maximum atomic E-state index is 13.6. The van der Waals surface area contributed by atoms with Crippen LogP contribution < -0.4 is 10.1 Å². The molecule has 166 valence electrons. The average Bonchev–Trinajstić information content (AvgIpc) is 2.79. The first-order valence-corrected chi connectivity index (χ1v) is 10.7. The Labute approximate surface area is 183 Å². The maximum Gasteiger partial charge on any atom is 0.222 e. The van der Waals surface area contributed by atoms with E-state index in [1.807, 2.05) is 22.9 Å². The minimum absolute atomic E-state index is 0.193. The topological polar surface area (TPSA) is 57.2 Å². The number of carbonyl (C=O) groups excluding carboxylic acids is 1. The zero-order valence-electron chi connectivity index (χ0n) is 18.3. The molecule has 0 saturated carbocycles. The van der Waals surface area contributed by atoms with Crippen LogP contribution in [-0.4, -0.2) is 62.0 Å². The number of para-hydroxylation sites is 1. The quantitative estimate of drug-likeness (QED) is 0.400. The summed E-state index contributed by atoms with van der Waals surface area (Å²) in [6.45, 7) is 3.04. The average molecular weight is 427 g/mol. The number of carbonyl (C=O) groups is 1. The van der Waals surface area contributed by atoms with Crippen LogP contribution >= 0.6 is 0 Å². The van der Waals surface area contributed by atoms with Gasteiger partial charge in [-0.05, 0) is 36.1 Å². The summed E-state index contributed by atoms with van der Waals surface area (Å²) in [7, 11) is 3.61. The van der Waals surface area contributed by atoms with E-state index in [1.54, 1.807) is 25.2 Å². The highest BCUT2D eigenvalue weighted by molar-refractivity contribution is 5.80. The van der Waals surface area contributed by atoms with Crippen molar-refractivity contribution in [3.63, 3.8) is 0 Å². The second-order valence-corrected chi connectivity index (χ2v) is 7.61. The molecule has 7 heteroatoms. The van der Waals surface area contributed by atoms with Crippen molar-refractivity contribution < 1.29 is 13.9 Å². The number of hydrogen-bond donors (Lipinski definition) is 1. The first kappa shape index (κ1) is 22.6. The Balaban J connectivity index is 1.35. The number of nitrogens with one attached hydrogen (secondary N) is 1. The molecule has 3 rings (SSSR count). The third-order valence-corrected chi connectivity index (χ3v) is 5.43. The standard InChI is InChI=1S/C24H31FN4O2/c1-26-24(28(2)16-17-31-22-11-6-5-10-21(22)25)27-14-7-12-23(30)29-15-13-19-8-3-4-9-20(19)18-29/h3-6,8-11H,7,12-18H2,1-2H3,(H,26,27). The van der Waals surface area contributed by atoms with Crippen LogP contribution in [-0.2, 0) is 17.8 Å². The minimum atomic E-state index is -0.366. The highest BCUT2D eigenvalue weighted by Gasteiger charge is 2.19. The van der Waals surface area contributed by atoms with E-state index in [0.717, 1.165) is 25.3 Å². The number of guanidine groups is 1. The van der Waals surface area contributed by atoms with Crippen molar-refractivity contribution in [2.24, 2.45) is 4.99 Å². The Bertz CT molecular complexity index is 903. The van der Waals surface area contributed by atoms with E-state index in [9.17, 15) is 9.18 Å². The molecule has 1 aliphatic heterocycles. The minimum Gasteiger partial charge on any atom is -0.489 e. The summed E-state index contributed by atoms with van der Waals surface area (Å²) in [5.74, 6) is 0.793. The van der Waals surface area contributed by atoms with Crippen molar-refractivity contribution in [1.82, 2.24) is 15.1 Å². The van der Waals surface area contributed by atoms with Gasteiger partial charge in [-0.1, -0.05) is 36.4 Å². The van der Waals surface area contributed by atoms with Gasteiger partial charge in [-0.3, -0.25) is 9.79 Å². The Hall–Kier alpha value is -3.09. The van der Waals surface area contributed by atoms with E-state index in [4.69, 9.17) is 4.74 Å². The smallest absolute Gasteiger partial charge is 0.222 e. The summed E-state index contributed by atoms with van der Waals surface area (Å²) in [5, 5.41) is 3.28. The predicted molar refractivity (Wildman–Crippen MR) is 121 cm³/mol. The monoisotopic (exact) mass is 426 g/mol. The van der Waals surface area contributed by atoms with E-state index in [2.05, 4.69) is 28.5 Å². The van der Waals surface area contributed by atoms with Gasteiger partial charge >= 0.3 is 0 Å². The molecule has 31 heavy (non-hydrogen) atoms. The molecule has 1 N–H and O–H groups in total. The summed E-state index contributed by atoms with van der Waals surface area (Å²) < 4.78 is 19.1. The molecule has 0 fully saturated rings. The number of rotatable bonds is 8. The number of benzene rings is 2. The fourth-order valence-electron chi connectivity index (χ4n) is 3.65. The predicted octanol–water partition coefficient (Wildman–Crippen LogP) is 3.08. The normalized spacial score (nSPS) is 13.5. The number of halogens is 1. The summed E-state index contributed by atoms with van der Waals surface area (Å²) >= 11 is 0. The molecule has 0 aromatic heterocycles. The molecule has 0 spiro atoms. The fourth-order valence-corrected chi connectivity index (χ4v) is 3.65. The molecule has 1 heterocycles. The summed E-state index contributed by atoms with van der Waals surface area (Å²) in [4.78, 5) is 20.7. The lowest BCUT2D eigenvalue weighted by molar-refractivity contribution is -0.132. The van der Waals surface area contributed by atoms with E-state index in [0.29, 0.717) is 32.7 Å². The van der Waals surface area contributed by atoms with Crippen molar-refractivity contribution >= 4 is 11.9 Å². The number of hydrogen-bond acceptors (Lipinski definition) is 3. The third-order valence-electron chi connectivity index (χ3n) is 5.43. The zero-order chi connectivity index (χ0) is 22.1. The molecule has 0 radical (unpaired) electrons. The van der Waals surface area contributed by atoms with E-state index >= 15 is 0 Å². The third kappa shape index (κ3) is 6.44. The first-order valence-electron chi connectivity index (χ1n) is 10.7. The summed E-state index contributed by atoms with van der Waals surface area (Å²) in [6, 6.07) is 14.7. The van der Waals surface area contributed by atoms with Crippen LogP contribution in [0, 0.1) is 5.82 Å². The van der Waals surface area contributed by atoms with Gasteiger partial charge in [0, 0.05) is 40.2 Å². The van der Waals surface area contributed by atoms with Gasteiger partial charge in [0.05, 0.1) is 6.54 Å². The Morgan fingerprint density at radius 1 is 1.19 bits per heavy atom. The van der Waals surface area contributed by atoms with Crippen molar-refractivity contribution in [2.75, 3.05) is 40.3 Å². The van der Waals surface area contributed by atoms with E-state index in [-0.39, 0.29) is 17.5 Å². The zero-order valence-corrected chi connectivity index (χ0v) is 18.3. The number of aliphatic imine (C=N–C) groups is 1. The first-order chi connectivity index (χ1) is 15.1. The SMILES string of the molecule is CN=C(NCCCC(=O)N1CCc2ccccc2C1)N(C)CCOc1ccccc1F. The van der Waals surface area contributed by atoms with Gasteiger partial charge in [0.2, 0.25) is 5.91 Å². The number of likely N-dealkylation sites (N-methyl/N-ethyl adjacent to an activating group) is 1. The Kier molecular flexibility index (Phi) is 8.27. The lowest BCUT2D eigenvalue weighted by Crippen LogP contribution is -2.41. The Morgan fingerprint density at radius 3 is 2.71 bits per heavy atom. The molecular weight excluding hydrogens is 395 g/mol. The van der Waals surface area contributed by atoms with Gasteiger partial charge in [-0.15, -0.1) is 0 Å².